The molecule has 6 aromatic rings. The summed E-state index contributed by atoms with van der Waals surface area (Å²) in [4.78, 5) is 5.28. The monoisotopic (exact) mass is 478 g/mol. The Balaban J connectivity index is 1.41. The van der Waals surface area contributed by atoms with E-state index in [-0.39, 0.29) is 0 Å². The van der Waals surface area contributed by atoms with Crippen LogP contribution in [0.4, 0.5) is 30.2 Å². The molecule has 0 fully saturated rings. The highest BCUT2D eigenvalue weighted by atomic mass is 19.4. The van der Waals surface area contributed by atoms with Crippen LogP contribution in [0, 0.1) is 0 Å². The zero-order chi connectivity index (χ0) is 24.7. The molecule has 0 radical (unpaired) electrons. The minimum absolute atomic E-state index is 0.448. The Hall–Kier alpha value is -4.51. The molecule has 0 saturated heterocycles. The number of aromatic nitrogens is 1. The molecule has 0 bridgehead atoms. The van der Waals surface area contributed by atoms with E-state index in [0.717, 1.165) is 45.0 Å². The predicted octanol–water partition coefficient (Wildman–Crippen LogP) is 9.48. The minimum Gasteiger partial charge on any atom is -0.355 e. The number of nitrogens with zero attached hydrogens (tertiary/aromatic N) is 1. The molecular formula is C31H21F3N2. The maximum absolute atomic E-state index is 13.4. The van der Waals surface area contributed by atoms with Gasteiger partial charge in [0.2, 0.25) is 0 Å². The molecule has 2 nitrogen and oxygen atoms in total. The molecule has 0 atom stereocenters. The molecule has 5 heteroatoms. The van der Waals surface area contributed by atoms with E-state index < -0.39 is 11.7 Å². The number of nitrogens with one attached hydrogen (secondary N) is 1. The highest BCUT2D eigenvalue weighted by Crippen LogP contribution is 2.39. The lowest BCUT2D eigenvalue weighted by Crippen LogP contribution is -2.12. The Labute approximate surface area is 206 Å². The first-order valence-electron chi connectivity index (χ1n) is 11.6. The van der Waals surface area contributed by atoms with Gasteiger partial charge in [0.1, 0.15) is 0 Å². The van der Waals surface area contributed by atoms with E-state index in [2.05, 4.69) is 35.3 Å². The largest absolute Gasteiger partial charge is 0.416 e. The zero-order valence-electron chi connectivity index (χ0n) is 19.1. The molecule has 6 rings (SSSR count). The summed E-state index contributed by atoms with van der Waals surface area (Å²) >= 11 is 0. The van der Waals surface area contributed by atoms with E-state index >= 15 is 0 Å². The van der Waals surface area contributed by atoms with Gasteiger partial charge in [0.25, 0.3) is 0 Å². The topological polar surface area (TPSA) is 19.0 Å². The van der Waals surface area contributed by atoms with E-state index in [1.165, 1.54) is 17.5 Å². The van der Waals surface area contributed by atoms with Crippen LogP contribution in [0.2, 0.25) is 0 Å². The number of para-hydroxylation sites is 2. The van der Waals surface area contributed by atoms with Crippen molar-refractivity contribution in [1.82, 2.24) is 4.98 Å². The van der Waals surface area contributed by atoms with Crippen molar-refractivity contribution in [3.05, 3.63) is 127 Å². The highest BCUT2D eigenvalue weighted by Gasteiger charge is 2.31. The SMILES string of the molecule is FC(F)(F)c1cccc(N(c2ccccc2)c2ccc(-c3ccc4[nH]c5ccccc5c4c3)cc2)c1. The lowest BCUT2D eigenvalue weighted by atomic mass is 10.0. The molecule has 0 spiro atoms. The average molecular weight is 479 g/mol. The maximum Gasteiger partial charge on any atom is 0.416 e. The first-order valence-corrected chi connectivity index (χ1v) is 11.6. The summed E-state index contributed by atoms with van der Waals surface area (Å²) in [6, 6.07) is 37.3. The Morgan fingerprint density at radius 1 is 0.500 bits per heavy atom. The Bertz CT molecular complexity index is 1670. The van der Waals surface area contributed by atoms with Gasteiger partial charge < -0.3 is 9.88 Å². The summed E-state index contributed by atoms with van der Waals surface area (Å²) in [5.41, 5.74) is 5.61. The van der Waals surface area contributed by atoms with Gasteiger partial charge in [-0.1, -0.05) is 60.7 Å². The van der Waals surface area contributed by atoms with Gasteiger partial charge in [0.15, 0.2) is 0 Å². The standard InChI is InChI=1S/C31H21F3N2/c32-31(33,34)23-7-6-10-26(20-23)36(24-8-2-1-3-9-24)25-16-13-21(14-17-25)22-15-18-30-28(19-22)27-11-4-5-12-29(27)35-30/h1-20,35H. The quantitative estimate of drug-likeness (QED) is 0.267. The van der Waals surface area contributed by atoms with Crippen molar-refractivity contribution in [2.45, 2.75) is 6.18 Å². The molecule has 0 aliphatic carbocycles. The number of benzene rings is 5. The molecule has 0 amide bonds. The summed E-state index contributed by atoms with van der Waals surface area (Å²) < 4.78 is 40.3. The van der Waals surface area contributed by atoms with E-state index in [1.54, 1.807) is 6.07 Å². The van der Waals surface area contributed by atoms with Crippen LogP contribution in [0.15, 0.2) is 121 Å². The second kappa shape index (κ2) is 8.61. The second-order valence-electron chi connectivity index (χ2n) is 8.70. The summed E-state index contributed by atoms with van der Waals surface area (Å²) in [5, 5.41) is 2.33. The van der Waals surface area contributed by atoms with Gasteiger partial charge in [0.05, 0.1) is 5.56 Å². The van der Waals surface area contributed by atoms with Crippen LogP contribution in [-0.2, 0) is 6.18 Å². The maximum atomic E-state index is 13.4. The van der Waals surface area contributed by atoms with Crippen LogP contribution in [0.5, 0.6) is 0 Å². The minimum atomic E-state index is -4.41. The third kappa shape index (κ3) is 3.99. The summed E-state index contributed by atoms with van der Waals surface area (Å²) in [6.45, 7) is 0. The number of aromatic amines is 1. The molecule has 5 aromatic carbocycles. The Morgan fingerprint density at radius 2 is 1.14 bits per heavy atom. The molecular weight excluding hydrogens is 457 g/mol. The molecule has 0 aliphatic rings. The van der Waals surface area contributed by atoms with Gasteiger partial charge in [0, 0.05) is 38.9 Å². The third-order valence-corrected chi connectivity index (χ3v) is 6.41. The van der Waals surface area contributed by atoms with Crippen LogP contribution in [-0.4, -0.2) is 4.98 Å². The number of hydrogen-bond acceptors (Lipinski definition) is 1. The van der Waals surface area contributed by atoms with Gasteiger partial charge in [-0.25, -0.2) is 0 Å². The number of fused-ring (bicyclic) bond motifs is 3. The van der Waals surface area contributed by atoms with Crippen molar-refractivity contribution in [2.75, 3.05) is 4.90 Å². The number of H-pyrrole nitrogens is 1. The van der Waals surface area contributed by atoms with E-state index in [1.807, 2.05) is 71.6 Å². The smallest absolute Gasteiger partial charge is 0.355 e. The average Bonchev–Trinajstić information content (AvgIpc) is 3.28. The lowest BCUT2D eigenvalue weighted by Gasteiger charge is -2.26. The summed E-state index contributed by atoms with van der Waals surface area (Å²) in [5.74, 6) is 0. The highest BCUT2D eigenvalue weighted by molar-refractivity contribution is 6.08. The van der Waals surface area contributed by atoms with Crippen LogP contribution in [0.1, 0.15) is 5.56 Å². The number of rotatable bonds is 4. The molecule has 0 unspecified atom stereocenters. The predicted molar refractivity (Wildman–Crippen MR) is 141 cm³/mol. The lowest BCUT2D eigenvalue weighted by molar-refractivity contribution is -0.137. The molecule has 1 heterocycles. The molecule has 1 N–H and O–H groups in total. The van der Waals surface area contributed by atoms with Crippen LogP contribution >= 0.6 is 0 Å². The van der Waals surface area contributed by atoms with Crippen LogP contribution < -0.4 is 4.90 Å². The third-order valence-electron chi connectivity index (χ3n) is 6.41. The molecule has 176 valence electrons. The second-order valence-corrected chi connectivity index (χ2v) is 8.70. The van der Waals surface area contributed by atoms with E-state index in [9.17, 15) is 13.2 Å². The first-order chi connectivity index (χ1) is 17.5. The van der Waals surface area contributed by atoms with Crippen molar-refractivity contribution in [3.63, 3.8) is 0 Å². The van der Waals surface area contributed by atoms with Gasteiger partial charge in [-0.05, 0) is 71.8 Å². The molecule has 0 aliphatic heterocycles. The van der Waals surface area contributed by atoms with Gasteiger partial charge in [-0.15, -0.1) is 0 Å². The van der Waals surface area contributed by atoms with Crippen molar-refractivity contribution < 1.29 is 13.2 Å². The fraction of sp³-hybridized carbons (Fsp3) is 0.0323. The summed E-state index contributed by atoms with van der Waals surface area (Å²) in [7, 11) is 0. The zero-order valence-corrected chi connectivity index (χ0v) is 19.1. The number of alkyl halides is 3. The van der Waals surface area contributed by atoms with Gasteiger partial charge in [-0.3, -0.25) is 0 Å². The van der Waals surface area contributed by atoms with E-state index in [4.69, 9.17) is 0 Å². The number of hydrogen-bond donors (Lipinski definition) is 1. The number of halogens is 3. The van der Waals surface area contributed by atoms with Crippen molar-refractivity contribution in [2.24, 2.45) is 0 Å². The van der Waals surface area contributed by atoms with Crippen molar-refractivity contribution >= 4 is 38.9 Å². The van der Waals surface area contributed by atoms with Gasteiger partial charge in [-0.2, -0.15) is 13.2 Å². The van der Waals surface area contributed by atoms with Crippen molar-refractivity contribution in [3.8, 4) is 11.1 Å². The van der Waals surface area contributed by atoms with Crippen LogP contribution in [0.25, 0.3) is 32.9 Å². The fourth-order valence-electron chi connectivity index (χ4n) is 4.68. The normalized spacial score (nSPS) is 11.8. The van der Waals surface area contributed by atoms with Crippen LogP contribution in [0.3, 0.4) is 0 Å². The first kappa shape index (κ1) is 22.0. The Kier molecular flexibility index (Phi) is 5.26. The molecule has 36 heavy (non-hydrogen) atoms. The number of anilines is 3. The Morgan fingerprint density at radius 3 is 1.92 bits per heavy atom. The van der Waals surface area contributed by atoms with E-state index in [0.29, 0.717) is 5.69 Å². The fourth-order valence-corrected chi connectivity index (χ4v) is 4.68. The summed E-state index contributed by atoms with van der Waals surface area (Å²) in [6.07, 6.45) is -4.41. The molecule has 0 saturated carbocycles. The van der Waals surface area contributed by atoms with Gasteiger partial charge >= 0.3 is 6.18 Å². The van der Waals surface area contributed by atoms with Crippen molar-refractivity contribution in [1.29, 1.82) is 0 Å². The molecule has 1 aromatic heterocycles.